The molecule has 0 spiro atoms. The molecule has 182 valence electrons. The van der Waals surface area contributed by atoms with Crippen LogP contribution in [0.2, 0.25) is 0 Å². The first-order chi connectivity index (χ1) is 16.1. The molecule has 7 nitrogen and oxygen atoms in total. The molecule has 2 N–H and O–H groups in total. The molecule has 1 atom stereocenters. The van der Waals surface area contributed by atoms with Gasteiger partial charge in [-0.15, -0.1) is 0 Å². The molecule has 34 heavy (non-hydrogen) atoms. The Kier molecular flexibility index (Phi) is 7.99. The van der Waals surface area contributed by atoms with Crippen LogP contribution in [0.3, 0.4) is 0 Å². The van der Waals surface area contributed by atoms with Crippen molar-refractivity contribution in [1.82, 2.24) is 9.80 Å². The molecule has 0 aliphatic carbocycles. The van der Waals surface area contributed by atoms with E-state index in [9.17, 15) is 19.8 Å². The standard InChI is InChI=1S/C27H34N2O5/c1-17(2)16-34-22-12-9-20(15-18(22)3)25(31)23-24(19-7-10-21(30)11-8-19)29(27(33)26(23)32)14-6-13-28(4)5/h7-12,15,17,24,30-31H,6,13-14,16H2,1-5H3/b25-23+/t24-/m1/s1. The molecule has 0 radical (unpaired) electrons. The quantitative estimate of drug-likeness (QED) is 0.328. The van der Waals surface area contributed by atoms with Gasteiger partial charge in [0.1, 0.15) is 17.3 Å². The average Bonchev–Trinajstić information content (AvgIpc) is 3.03. The van der Waals surface area contributed by atoms with Gasteiger partial charge in [0.05, 0.1) is 18.2 Å². The van der Waals surface area contributed by atoms with Crippen molar-refractivity contribution >= 4 is 17.4 Å². The van der Waals surface area contributed by atoms with Crippen LogP contribution in [0.4, 0.5) is 0 Å². The number of carbonyl (C=O) groups is 2. The largest absolute Gasteiger partial charge is 0.508 e. The molecule has 1 aliphatic rings. The number of nitrogens with zero attached hydrogens (tertiary/aromatic N) is 2. The molecular formula is C27H34N2O5. The van der Waals surface area contributed by atoms with E-state index in [4.69, 9.17) is 4.74 Å². The molecule has 0 bridgehead atoms. The highest BCUT2D eigenvalue weighted by Crippen LogP contribution is 2.40. The lowest BCUT2D eigenvalue weighted by Crippen LogP contribution is -2.32. The number of hydrogen-bond acceptors (Lipinski definition) is 6. The van der Waals surface area contributed by atoms with Gasteiger partial charge in [0, 0.05) is 12.1 Å². The molecule has 0 unspecified atom stereocenters. The minimum Gasteiger partial charge on any atom is -0.508 e. The fraction of sp³-hybridized carbons (Fsp3) is 0.407. The van der Waals surface area contributed by atoms with Gasteiger partial charge < -0.3 is 24.7 Å². The van der Waals surface area contributed by atoms with Crippen LogP contribution in [0.5, 0.6) is 11.5 Å². The van der Waals surface area contributed by atoms with E-state index >= 15 is 0 Å². The number of phenolic OH excluding ortho intramolecular Hbond substituents is 1. The number of aliphatic hydroxyl groups is 1. The summed E-state index contributed by atoms with van der Waals surface area (Å²) in [6.45, 7) is 7.70. The van der Waals surface area contributed by atoms with E-state index in [2.05, 4.69) is 13.8 Å². The van der Waals surface area contributed by atoms with E-state index in [0.717, 1.165) is 12.1 Å². The van der Waals surface area contributed by atoms with E-state index in [-0.39, 0.29) is 17.1 Å². The smallest absolute Gasteiger partial charge is 0.295 e. The molecule has 1 aliphatic heterocycles. The Balaban J connectivity index is 2.03. The monoisotopic (exact) mass is 466 g/mol. The predicted octanol–water partition coefficient (Wildman–Crippen LogP) is 4.11. The Morgan fingerprint density at radius 1 is 1.12 bits per heavy atom. The van der Waals surface area contributed by atoms with Crippen molar-refractivity contribution < 1.29 is 24.5 Å². The van der Waals surface area contributed by atoms with Crippen LogP contribution < -0.4 is 4.74 Å². The summed E-state index contributed by atoms with van der Waals surface area (Å²) in [5.41, 5.74) is 1.98. The number of carbonyl (C=O) groups excluding carboxylic acids is 2. The summed E-state index contributed by atoms with van der Waals surface area (Å²) in [6.07, 6.45) is 0.676. The lowest BCUT2D eigenvalue weighted by atomic mass is 9.94. The summed E-state index contributed by atoms with van der Waals surface area (Å²) in [4.78, 5) is 29.6. The lowest BCUT2D eigenvalue weighted by Gasteiger charge is -2.26. The van der Waals surface area contributed by atoms with E-state index in [1.54, 1.807) is 30.3 Å². The highest BCUT2D eigenvalue weighted by atomic mass is 16.5. The molecule has 1 amide bonds. The number of ether oxygens (including phenoxy) is 1. The molecule has 7 heteroatoms. The molecule has 1 saturated heterocycles. The number of phenols is 1. The van der Waals surface area contributed by atoms with Crippen molar-refractivity contribution in [2.75, 3.05) is 33.8 Å². The highest BCUT2D eigenvalue weighted by Gasteiger charge is 2.45. The fourth-order valence-electron chi connectivity index (χ4n) is 4.04. The third kappa shape index (κ3) is 5.59. The van der Waals surface area contributed by atoms with Crippen molar-refractivity contribution in [3.8, 4) is 11.5 Å². The number of ketones is 1. The van der Waals surface area contributed by atoms with Crippen LogP contribution in [0.25, 0.3) is 5.76 Å². The maximum atomic E-state index is 13.1. The molecule has 1 heterocycles. The molecule has 0 saturated carbocycles. The van der Waals surface area contributed by atoms with E-state index in [0.29, 0.717) is 42.4 Å². The predicted molar refractivity (Wildman–Crippen MR) is 132 cm³/mol. The topological polar surface area (TPSA) is 90.3 Å². The Morgan fingerprint density at radius 3 is 2.38 bits per heavy atom. The van der Waals surface area contributed by atoms with E-state index < -0.39 is 17.7 Å². The van der Waals surface area contributed by atoms with Gasteiger partial charge in [0.15, 0.2) is 0 Å². The van der Waals surface area contributed by atoms with Crippen molar-refractivity contribution in [3.05, 3.63) is 64.7 Å². The van der Waals surface area contributed by atoms with Gasteiger partial charge in [-0.2, -0.15) is 0 Å². The number of hydrogen-bond donors (Lipinski definition) is 2. The average molecular weight is 467 g/mol. The van der Waals surface area contributed by atoms with Crippen LogP contribution in [0.15, 0.2) is 48.0 Å². The second-order valence-electron chi connectivity index (χ2n) is 9.43. The van der Waals surface area contributed by atoms with Crippen molar-refractivity contribution in [3.63, 3.8) is 0 Å². The van der Waals surface area contributed by atoms with Crippen LogP contribution in [-0.4, -0.2) is 65.5 Å². The zero-order valence-electron chi connectivity index (χ0n) is 20.5. The first-order valence-corrected chi connectivity index (χ1v) is 11.6. The summed E-state index contributed by atoms with van der Waals surface area (Å²) in [7, 11) is 3.89. The number of aromatic hydroxyl groups is 1. The Morgan fingerprint density at radius 2 is 1.79 bits per heavy atom. The second kappa shape index (κ2) is 10.7. The van der Waals surface area contributed by atoms with Crippen molar-refractivity contribution in [2.45, 2.75) is 33.2 Å². The van der Waals surface area contributed by atoms with Crippen LogP contribution in [0.1, 0.15) is 43.0 Å². The molecule has 3 rings (SSSR count). The number of amides is 1. The zero-order chi connectivity index (χ0) is 25.0. The van der Waals surface area contributed by atoms with Crippen LogP contribution >= 0.6 is 0 Å². The SMILES string of the molecule is Cc1cc(/C(O)=C2\C(=O)C(=O)N(CCCN(C)C)[C@@H]2c2ccc(O)cc2)ccc1OCC(C)C. The number of likely N-dealkylation sites (tertiary alicyclic amines) is 1. The fourth-order valence-corrected chi connectivity index (χ4v) is 4.04. The number of benzene rings is 2. The van der Waals surface area contributed by atoms with E-state index in [1.165, 1.54) is 17.0 Å². The van der Waals surface area contributed by atoms with Crippen LogP contribution in [-0.2, 0) is 9.59 Å². The van der Waals surface area contributed by atoms with Gasteiger partial charge in [-0.25, -0.2) is 0 Å². The summed E-state index contributed by atoms with van der Waals surface area (Å²) in [6, 6.07) is 10.9. The van der Waals surface area contributed by atoms with Gasteiger partial charge in [0.25, 0.3) is 11.7 Å². The third-order valence-electron chi connectivity index (χ3n) is 5.77. The Bertz CT molecular complexity index is 1070. The lowest BCUT2D eigenvalue weighted by molar-refractivity contribution is -0.139. The maximum Gasteiger partial charge on any atom is 0.295 e. The minimum absolute atomic E-state index is 0.0517. The highest BCUT2D eigenvalue weighted by molar-refractivity contribution is 6.46. The van der Waals surface area contributed by atoms with Crippen LogP contribution in [0, 0.1) is 12.8 Å². The zero-order valence-corrected chi connectivity index (χ0v) is 20.5. The summed E-state index contributed by atoms with van der Waals surface area (Å²) in [5, 5.41) is 21.0. The third-order valence-corrected chi connectivity index (χ3v) is 5.77. The molecular weight excluding hydrogens is 432 g/mol. The van der Waals surface area contributed by atoms with Gasteiger partial charge in [0.2, 0.25) is 0 Å². The Hall–Kier alpha value is -3.32. The normalized spacial score (nSPS) is 17.7. The van der Waals surface area contributed by atoms with Crippen molar-refractivity contribution in [2.24, 2.45) is 5.92 Å². The number of aliphatic hydroxyl groups excluding tert-OH is 1. The summed E-state index contributed by atoms with van der Waals surface area (Å²) >= 11 is 0. The van der Waals surface area contributed by atoms with Gasteiger partial charge in [-0.1, -0.05) is 26.0 Å². The number of Topliss-reactive ketones (excluding diaryl/α,β-unsaturated/α-hetero) is 1. The molecule has 0 aromatic heterocycles. The second-order valence-corrected chi connectivity index (χ2v) is 9.43. The maximum absolute atomic E-state index is 13.1. The molecule has 2 aromatic carbocycles. The summed E-state index contributed by atoms with van der Waals surface area (Å²) < 4.78 is 5.82. The minimum atomic E-state index is -0.736. The van der Waals surface area contributed by atoms with Gasteiger partial charge >= 0.3 is 0 Å². The first-order valence-electron chi connectivity index (χ1n) is 11.6. The molecule has 1 fully saturated rings. The van der Waals surface area contributed by atoms with E-state index in [1.807, 2.05) is 25.9 Å². The van der Waals surface area contributed by atoms with Gasteiger partial charge in [-0.05, 0) is 81.4 Å². The summed E-state index contributed by atoms with van der Waals surface area (Å²) in [5.74, 6) is -0.387. The molecule has 2 aromatic rings. The number of aryl methyl sites for hydroxylation is 1. The Labute approximate surface area is 201 Å². The number of rotatable bonds is 9. The van der Waals surface area contributed by atoms with Crippen molar-refractivity contribution in [1.29, 1.82) is 0 Å². The first kappa shape index (κ1) is 25.3. The van der Waals surface area contributed by atoms with Gasteiger partial charge in [-0.3, -0.25) is 9.59 Å².